The van der Waals surface area contributed by atoms with Gasteiger partial charge in [0.15, 0.2) is 0 Å². The van der Waals surface area contributed by atoms with Crippen LogP contribution in [0.15, 0.2) is 57.9 Å². The topological polar surface area (TPSA) is 83.6 Å². The maximum atomic E-state index is 12.5. The van der Waals surface area contributed by atoms with Crippen molar-refractivity contribution in [2.45, 2.75) is 24.3 Å². The second kappa shape index (κ2) is 8.23. The number of nitrogens with one attached hydrogen (secondary N) is 1. The van der Waals surface area contributed by atoms with Crippen LogP contribution in [-0.4, -0.2) is 31.7 Å². The van der Waals surface area contributed by atoms with Crippen molar-refractivity contribution >= 4 is 49.4 Å². The molecule has 0 bridgehead atoms. The third-order valence-corrected chi connectivity index (χ3v) is 7.02. The summed E-state index contributed by atoms with van der Waals surface area (Å²) in [5.74, 6) is -1.65. The van der Waals surface area contributed by atoms with Crippen molar-refractivity contribution in [2.24, 2.45) is 5.92 Å². The molecule has 0 radical (unpaired) electrons. The van der Waals surface area contributed by atoms with Gasteiger partial charge < -0.3 is 4.90 Å². The number of carbonyl (C=O) groups excluding carboxylic acids is 2. The molecule has 2 unspecified atom stereocenters. The summed E-state index contributed by atoms with van der Waals surface area (Å²) < 4.78 is 27.7. The molecule has 1 aliphatic heterocycles. The molecule has 1 fully saturated rings. The highest BCUT2D eigenvalue weighted by atomic mass is 79.9. The van der Waals surface area contributed by atoms with Crippen molar-refractivity contribution in [3.8, 4) is 0 Å². The van der Waals surface area contributed by atoms with Crippen molar-refractivity contribution < 1.29 is 18.0 Å². The molecular formula is C19H18BrClN2O4S. The third kappa shape index (κ3) is 4.39. The fraction of sp³-hybridized carbons (Fsp3) is 0.263. The van der Waals surface area contributed by atoms with Gasteiger partial charge in [-0.3, -0.25) is 9.59 Å². The van der Waals surface area contributed by atoms with E-state index >= 15 is 0 Å². The van der Waals surface area contributed by atoms with Crippen LogP contribution in [0.2, 0.25) is 5.02 Å². The highest BCUT2D eigenvalue weighted by Crippen LogP contribution is 2.29. The Balaban J connectivity index is 1.72. The Morgan fingerprint density at radius 2 is 1.93 bits per heavy atom. The third-order valence-electron chi connectivity index (χ3n) is 4.70. The Kier molecular flexibility index (Phi) is 6.12. The van der Waals surface area contributed by atoms with Crippen molar-refractivity contribution in [3.05, 3.63) is 63.6 Å². The van der Waals surface area contributed by atoms with E-state index in [1.807, 2.05) is 42.0 Å². The normalized spacial score (nSPS) is 18.2. The summed E-state index contributed by atoms with van der Waals surface area (Å²) in [4.78, 5) is 26.3. The van der Waals surface area contributed by atoms with Crippen LogP contribution < -0.4 is 4.72 Å². The van der Waals surface area contributed by atoms with E-state index in [1.54, 1.807) is 4.90 Å². The van der Waals surface area contributed by atoms with Crippen LogP contribution in [-0.2, 0) is 19.6 Å². The van der Waals surface area contributed by atoms with Gasteiger partial charge in [0.25, 0.3) is 10.0 Å². The van der Waals surface area contributed by atoms with Gasteiger partial charge in [0.2, 0.25) is 11.8 Å². The lowest BCUT2D eigenvalue weighted by molar-refractivity contribution is -0.130. The van der Waals surface area contributed by atoms with Gasteiger partial charge in [-0.1, -0.05) is 57.9 Å². The number of hydrogen-bond donors (Lipinski definition) is 1. The minimum atomic E-state index is -4.13. The molecule has 0 saturated carbocycles. The summed E-state index contributed by atoms with van der Waals surface area (Å²) in [6, 6.07) is 13.5. The van der Waals surface area contributed by atoms with E-state index < -0.39 is 21.8 Å². The summed E-state index contributed by atoms with van der Waals surface area (Å²) in [6.45, 7) is 2.04. The summed E-state index contributed by atoms with van der Waals surface area (Å²) in [5.41, 5.74) is 0.950. The second-order valence-corrected chi connectivity index (χ2v) is 9.55. The maximum Gasteiger partial charge on any atom is 0.265 e. The van der Waals surface area contributed by atoms with Crippen LogP contribution in [0.25, 0.3) is 0 Å². The van der Waals surface area contributed by atoms with E-state index in [4.69, 9.17) is 11.6 Å². The largest absolute Gasteiger partial charge is 0.335 e. The SMILES string of the molecule is CC(c1ccccc1)N1CC(C(=O)NS(=O)(=O)c2ccc(Br)cc2Cl)CC1=O. The van der Waals surface area contributed by atoms with E-state index in [2.05, 4.69) is 15.9 Å². The average Bonchev–Trinajstić information content (AvgIpc) is 3.03. The molecule has 9 heteroatoms. The lowest BCUT2D eigenvalue weighted by atomic mass is 10.1. The van der Waals surface area contributed by atoms with E-state index in [0.29, 0.717) is 4.47 Å². The molecule has 2 amide bonds. The highest BCUT2D eigenvalue weighted by molar-refractivity contribution is 9.10. The number of halogens is 2. The number of nitrogens with zero attached hydrogens (tertiary/aromatic N) is 1. The Labute approximate surface area is 177 Å². The number of rotatable bonds is 5. The van der Waals surface area contributed by atoms with Crippen LogP contribution in [0, 0.1) is 5.92 Å². The van der Waals surface area contributed by atoms with Gasteiger partial charge >= 0.3 is 0 Å². The van der Waals surface area contributed by atoms with Gasteiger partial charge in [0.1, 0.15) is 4.90 Å². The smallest absolute Gasteiger partial charge is 0.265 e. The zero-order valence-electron chi connectivity index (χ0n) is 14.9. The second-order valence-electron chi connectivity index (χ2n) is 6.58. The lowest BCUT2D eigenvalue weighted by Gasteiger charge is -2.25. The van der Waals surface area contributed by atoms with Crippen molar-refractivity contribution in [2.75, 3.05) is 6.54 Å². The first-order valence-electron chi connectivity index (χ1n) is 8.55. The molecule has 2 atom stereocenters. The molecule has 1 N–H and O–H groups in total. The molecule has 0 aliphatic carbocycles. The summed E-state index contributed by atoms with van der Waals surface area (Å²) in [5, 5.41) is -0.00324. The van der Waals surface area contributed by atoms with Gasteiger partial charge in [-0.25, -0.2) is 13.1 Å². The van der Waals surface area contributed by atoms with Crippen LogP contribution in [0.5, 0.6) is 0 Å². The van der Waals surface area contributed by atoms with Crippen molar-refractivity contribution in [1.82, 2.24) is 9.62 Å². The van der Waals surface area contributed by atoms with Crippen molar-refractivity contribution in [3.63, 3.8) is 0 Å². The average molecular weight is 486 g/mol. The monoisotopic (exact) mass is 484 g/mol. The fourth-order valence-electron chi connectivity index (χ4n) is 3.16. The first-order valence-corrected chi connectivity index (χ1v) is 11.2. The zero-order chi connectivity index (χ0) is 20.5. The highest BCUT2D eigenvalue weighted by Gasteiger charge is 2.38. The number of likely N-dealkylation sites (tertiary alicyclic amines) is 1. The Bertz CT molecular complexity index is 1010. The maximum absolute atomic E-state index is 12.5. The standard InChI is InChI=1S/C19H18BrClN2O4S/c1-12(13-5-3-2-4-6-13)23-11-14(9-18(23)24)19(25)22-28(26,27)17-8-7-15(20)10-16(17)21/h2-8,10,12,14H,9,11H2,1H3,(H,22,25). The van der Waals surface area contributed by atoms with Crippen molar-refractivity contribution in [1.29, 1.82) is 0 Å². The molecule has 28 heavy (non-hydrogen) atoms. The molecule has 1 aliphatic rings. The first-order chi connectivity index (χ1) is 13.2. The predicted octanol–water partition coefficient (Wildman–Crippen LogP) is 3.52. The van der Waals surface area contributed by atoms with Gasteiger partial charge in [0, 0.05) is 17.4 Å². The molecule has 2 aromatic rings. The van der Waals surface area contributed by atoms with Gasteiger partial charge in [0.05, 0.1) is 17.0 Å². The van der Waals surface area contributed by atoms with E-state index in [1.165, 1.54) is 18.2 Å². The van der Waals surface area contributed by atoms with Gasteiger partial charge in [-0.15, -0.1) is 0 Å². The quantitative estimate of drug-likeness (QED) is 0.702. The summed E-state index contributed by atoms with van der Waals surface area (Å²) >= 11 is 9.19. The minimum absolute atomic E-state index is 0.00324. The number of sulfonamides is 1. The first kappa shape index (κ1) is 20.8. The van der Waals surface area contributed by atoms with Gasteiger partial charge in [-0.2, -0.15) is 0 Å². The predicted molar refractivity (Wildman–Crippen MR) is 109 cm³/mol. The number of hydrogen-bond acceptors (Lipinski definition) is 4. The lowest BCUT2D eigenvalue weighted by Crippen LogP contribution is -2.37. The van der Waals surface area contributed by atoms with Crippen LogP contribution in [0.3, 0.4) is 0 Å². The molecule has 2 aromatic carbocycles. The van der Waals surface area contributed by atoms with Gasteiger partial charge in [-0.05, 0) is 30.7 Å². The Morgan fingerprint density at radius 3 is 2.57 bits per heavy atom. The fourth-order valence-corrected chi connectivity index (χ4v) is 5.24. The zero-order valence-corrected chi connectivity index (χ0v) is 18.1. The molecule has 0 aromatic heterocycles. The molecule has 3 rings (SSSR count). The molecule has 1 saturated heterocycles. The number of amides is 2. The van der Waals surface area contributed by atoms with Crippen LogP contribution >= 0.6 is 27.5 Å². The molecule has 148 valence electrons. The molecule has 0 spiro atoms. The van der Waals surface area contributed by atoms with E-state index in [-0.39, 0.29) is 34.8 Å². The van der Waals surface area contributed by atoms with E-state index in [9.17, 15) is 18.0 Å². The Hall–Kier alpha value is -1.90. The summed E-state index contributed by atoms with van der Waals surface area (Å²) in [6.07, 6.45) is -0.0351. The molecule has 6 nitrogen and oxygen atoms in total. The number of benzene rings is 2. The van der Waals surface area contributed by atoms with Crippen LogP contribution in [0.1, 0.15) is 24.9 Å². The van der Waals surface area contributed by atoms with Crippen LogP contribution in [0.4, 0.5) is 0 Å². The number of carbonyl (C=O) groups is 2. The molecule has 1 heterocycles. The Morgan fingerprint density at radius 1 is 1.25 bits per heavy atom. The van der Waals surface area contributed by atoms with E-state index in [0.717, 1.165) is 5.56 Å². The minimum Gasteiger partial charge on any atom is -0.335 e. The summed E-state index contributed by atoms with van der Waals surface area (Å²) in [7, 11) is -4.13. The molecular weight excluding hydrogens is 468 g/mol.